The minimum Gasteiger partial charge on any atom is -0.302 e. The average molecular weight is 391 g/mol. The Bertz CT molecular complexity index is 894. The van der Waals surface area contributed by atoms with Crippen LogP contribution in [-0.2, 0) is 17.6 Å². The first-order valence-corrected chi connectivity index (χ1v) is 9.32. The first-order valence-electron chi connectivity index (χ1n) is 7.75. The molecule has 0 fully saturated rings. The molecule has 0 spiro atoms. The van der Waals surface area contributed by atoms with Crippen molar-refractivity contribution in [3.63, 3.8) is 0 Å². The van der Waals surface area contributed by atoms with Gasteiger partial charge in [0.15, 0.2) is 5.13 Å². The summed E-state index contributed by atoms with van der Waals surface area (Å²) in [6, 6.07) is 15.2. The van der Waals surface area contributed by atoms with Gasteiger partial charge in [-0.2, -0.15) is 0 Å². The number of hydrogen-bond acceptors (Lipinski definition) is 3. The van der Waals surface area contributed by atoms with Gasteiger partial charge in [-0.05, 0) is 30.2 Å². The summed E-state index contributed by atoms with van der Waals surface area (Å²) in [4.78, 5) is 17.7. The Balaban J connectivity index is 1.67. The molecule has 0 saturated carbocycles. The van der Waals surface area contributed by atoms with Crippen molar-refractivity contribution in [1.82, 2.24) is 4.98 Å². The maximum absolute atomic E-state index is 12.2. The number of amides is 1. The Hall–Kier alpha value is -1.88. The largest absolute Gasteiger partial charge is 0.302 e. The number of benzene rings is 2. The van der Waals surface area contributed by atoms with Crippen LogP contribution in [0.25, 0.3) is 0 Å². The van der Waals surface area contributed by atoms with E-state index in [1.165, 1.54) is 11.3 Å². The van der Waals surface area contributed by atoms with Gasteiger partial charge in [-0.3, -0.25) is 4.79 Å². The maximum atomic E-state index is 12.2. The molecule has 0 atom stereocenters. The molecule has 128 valence electrons. The number of halogens is 2. The van der Waals surface area contributed by atoms with Crippen LogP contribution in [0.15, 0.2) is 48.5 Å². The zero-order chi connectivity index (χ0) is 17.8. The summed E-state index contributed by atoms with van der Waals surface area (Å²) < 4.78 is 0. The molecule has 0 bridgehead atoms. The predicted octanol–water partition coefficient (Wildman–Crippen LogP) is 5.53. The zero-order valence-electron chi connectivity index (χ0n) is 13.6. The van der Waals surface area contributed by atoms with Gasteiger partial charge in [0.2, 0.25) is 5.91 Å². The van der Waals surface area contributed by atoms with Crippen LogP contribution in [0.2, 0.25) is 10.0 Å². The van der Waals surface area contributed by atoms with Crippen molar-refractivity contribution in [3.05, 3.63) is 80.3 Å². The summed E-state index contributed by atoms with van der Waals surface area (Å²) in [6.07, 6.45) is 1.04. The molecular formula is C19H16Cl2N2OS. The van der Waals surface area contributed by atoms with Crippen LogP contribution >= 0.6 is 34.5 Å². The number of nitrogens with zero attached hydrogens (tertiary/aromatic N) is 1. The molecule has 1 aromatic heterocycles. The number of hydrogen-bond donors (Lipinski definition) is 1. The molecule has 0 aliphatic heterocycles. The van der Waals surface area contributed by atoms with Crippen molar-refractivity contribution in [2.75, 3.05) is 5.32 Å². The lowest BCUT2D eigenvalue weighted by Gasteiger charge is -2.02. The minimum absolute atomic E-state index is 0.0685. The quantitative estimate of drug-likeness (QED) is 0.621. The SMILES string of the molecule is Cc1nc(NC(=O)Cc2ccccc2)sc1Cc1ccc(Cl)c(Cl)c1. The summed E-state index contributed by atoms with van der Waals surface area (Å²) in [6.45, 7) is 1.94. The van der Waals surface area contributed by atoms with E-state index in [0.717, 1.165) is 21.7 Å². The third-order valence-electron chi connectivity index (χ3n) is 3.70. The first-order chi connectivity index (χ1) is 12.0. The smallest absolute Gasteiger partial charge is 0.230 e. The molecule has 0 aliphatic rings. The van der Waals surface area contributed by atoms with Crippen LogP contribution in [0, 0.1) is 6.92 Å². The van der Waals surface area contributed by atoms with Gasteiger partial charge in [0.25, 0.3) is 0 Å². The van der Waals surface area contributed by atoms with E-state index in [1.807, 2.05) is 49.4 Å². The van der Waals surface area contributed by atoms with Gasteiger partial charge in [-0.15, -0.1) is 11.3 Å². The van der Waals surface area contributed by atoms with E-state index in [0.29, 0.717) is 28.0 Å². The molecule has 6 heteroatoms. The van der Waals surface area contributed by atoms with Crippen LogP contribution in [0.3, 0.4) is 0 Å². The highest BCUT2D eigenvalue weighted by Gasteiger charge is 2.12. The van der Waals surface area contributed by atoms with Gasteiger partial charge in [-0.1, -0.05) is 59.6 Å². The molecule has 3 nitrogen and oxygen atoms in total. The third kappa shape index (κ3) is 4.82. The lowest BCUT2D eigenvalue weighted by Crippen LogP contribution is -2.14. The van der Waals surface area contributed by atoms with Crippen molar-refractivity contribution in [2.24, 2.45) is 0 Å². The molecule has 2 aromatic carbocycles. The second-order valence-corrected chi connectivity index (χ2v) is 7.56. The highest BCUT2D eigenvalue weighted by atomic mass is 35.5. The van der Waals surface area contributed by atoms with Gasteiger partial charge < -0.3 is 5.32 Å². The predicted molar refractivity (Wildman–Crippen MR) is 105 cm³/mol. The number of rotatable bonds is 5. The molecule has 1 heterocycles. The lowest BCUT2D eigenvalue weighted by atomic mass is 10.1. The van der Waals surface area contributed by atoms with E-state index < -0.39 is 0 Å². The first kappa shape index (κ1) is 17.9. The van der Waals surface area contributed by atoms with Crippen molar-refractivity contribution in [3.8, 4) is 0 Å². The number of nitrogens with one attached hydrogen (secondary N) is 1. The molecule has 0 unspecified atom stereocenters. The Labute approximate surface area is 160 Å². The second kappa shape index (κ2) is 8.00. The number of carbonyl (C=O) groups excluding carboxylic acids is 1. The Morgan fingerprint density at radius 2 is 1.84 bits per heavy atom. The number of anilines is 1. The number of aryl methyl sites for hydroxylation is 1. The van der Waals surface area contributed by atoms with E-state index in [-0.39, 0.29) is 5.91 Å². The zero-order valence-corrected chi connectivity index (χ0v) is 15.9. The molecule has 3 rings (SSSR count). The fourth-order valence-corrected chi connectivity index (χ4v) is 3.76. The molecule has 1 amide bonds. The van der Waals surface area contributed by atoms with Crippen LogP contribution in [-0.4, -0.2) is 10.9 Å². The van der Waals surface area contributed by atoms with Crippen molar-refractivity contribution in [1.29, 1.82) is 0 Å². The van der Waals surface area contributed by atoms with Crippen molar-refractivity contribution < 1.29 is 4.79 Å². The molecule has 0 aliphatic carbocycles. The maximum Gasteiger partial charge on any atom is 0.230 e. The molecule has 1 N–H and O–H groups in total. The standard InChI is InChI=1S/C19H16Cl2N2OS/c1-12-17(10-14-7-8-15(20)16(21)9-14)25-19(22-12)23-18(24)11-13-5-3-2-4-6-13/h2-9H,10-11H2,1H3,(H,22,23,24). The highest BCUT2D eigenvalue weighted by Crippen LogP contribution is 2.28. The van der Waals surface area contributed by atoms with Crippen LogP contribution in [0.5, 0.6) is 0 Å². The molecular weight excluding hydrogens is 375 g/mol. The van der Waals surface area contributed by atoms with Gasteiger partial charge in [-0.25, -0.2) is 4.98 Å². The summed E-state index contributed by atoms with van der Waals surface area (Å²) in [5, 5.41) is 4.58. The normalized spacial score (nSPS) is 10.7. The Kier molecular flexibility index (Phi) is 5.74. The van der Waals surface area contributed by atoms with Crippen LogP contribution < -0.4 is 5.32 Å². The second-order valence-electron chi connectivity index (χ2n) is 5.66. The van der Waals surface area contributed by atoms with Gasteiger partial charge >= 0.3 is 0 Å². The topological polar surface area (TPSA) is 42.0 Å². The van der Waals surface area contributed by atoms with Crippen molar-refractivity contribution in [2.45, 2.75) is 19.8 Å². The van der Waals surface area contributed by atoms with Gasteiger partial charge in [0.05, 0.1) is 22.2 Å². The fourth-order valence-electron chi connectivity index (χ4n) is 2.43. The Morgan fingerprint density at radius 1 is 1.08 bits per heavy atom. The van der Waals surface area contributed by atoms with E-state index in [4.69, 9.17) is 23.2 Å². The number of aromatic nitrogens is 1. The average Bonchev–Trinajstić information content (AvgIpc) is 2.91. The van der Waals surface area contributed by atoms with Crippen LogP contribution in [0.4, 0.5) is 5.13 Å². The molecule has 25 heavy (non-hydrogen) atoms. The molecule has 0 radical (unpaired) electrons. The minimum atomic E-state index is -0.0685. The summed E-state index contributed by atoms with van der Waals surface area (Å²) in [7, 11) is 0. The monoisotopic (exact) mass is 390 g/mol. The highest BCUT2D eigenvalue weighted by molar-refractivity contribution is 7.15. The van der Waals surface area contributed by atoms with E-state index in [1.54, 1.807) is 6.07 Å². The summed E-state index contributed by atoms with van der Waals surface area (Å²) >= 11 is 13.5. The van der Waals surface area contributed by atoms with Gasteiger partial charge in [0, 0.05) is 11.3 Å². The van der Waals surface area contributed by atoms with Crippen molar-refractivity contribution >= 4 is 45.6 Å². The number of thiazole rings is 1. The summed E-state index contributed by atoms with van der Waals surface area (Å²) in [5.41, 5.74) is 2.94. The molecule has 3 aromatic rings. The Morgan fingerprint density at radius 3 is 2.56 bits per heavy atom. The lowest BCUT2D eigenvalue weighted by molar-refractivity contribution is -0.115. The van der Waals surface area contributed by atoms with Gasteiger partial charge in [0.1, 0.15) is 0 Å². The fraction of sp³-hybridized carbons (Fsp3) is 0.158. The summed E-state index contributed by atoms with van der Waals surface area (Å²) in [5.74, 6) is -0.0685. The molecule has 0 saturated heterocycles. The third-order valence-corrected chi connectivity index (χ3v) is 5.51. The van der Waals surface area contributed by atoms with E-state index in [9.17, 15) is 4.79 Å². The van der Waals surface area contributed by atoms with Crippen LogP contribution in [0.1, 0.15) is 21.7 Å². The number of carbonyl (C=O) groups is 1. The van der Waals surface area contributed by atoms with E-state index in [2.05, 4.69) is 10.3 Å². The van der Waals surface area contributed by atoms with E-state index >= 15 is 0 Å².